The van der Waals surface area contributed by atoms with Crippen LogP contribution in [0.4, 0.5) is 34.1 Å². The molecule has 0 fully saturated rings. The molecule has 54 heavy (non-hydrogen) atoms. The Morgan fingerprint density at radius 2 is 0.759 bits per heavy atom. The Morgan fingerprint density at radius 1 is 0.333 bits per heavy atom. The zero-order valence-corrected chi connectivity index (χ0v) is 28.8. The molecule has 0 unspecified atom stereocenters. The molecule has 0 spiro atoms. The van der Waals surface area contributed by atoms with Crippen molar-refractivity contribution in [3.63, 3.8) is 0 Å². The van der Waals surface area contributed by atoms with Crippen molar-refractivity contribution in [3.05, 3.63) is 164 Å². The zero-order valence-electron chi connectivity index (χ0n) is 28.8. The number of benzene rings is 8. The summed E-state index contributed by atoms with van der Waals surface area (Å²) in [5, 5.41) is 6.50. The van der Waals surface area contributed by atoms with Gasteiger partial charge in [-0.25, -0.2) is 0 Å². The largest absolute Gasteiger partial charge is 0.454 e. The highest BCUT2D eigenvalue weighted by atomic mass is 16.3. The fourth-order valence-electron chi connectivity index (χ4n) is 9.46. The van der Waals surface area contributed by atoms with E-state index in [2.05, 4.69) is 155 Å². The van der Waals surface area contributed by atoms with Crippen LogP contribution in [0.25, 0.3) is 65.8 Å². The van der Waals surface area contributed by atoms with Gasteiger partial charge in [0.15, 0.2) is 16.7 Å². The predicted molar refractivity (Wildman–Crippen MR) is 222 cm³/mol. The van der Waals surface area contributed by atoms with E-state index in [4.69, 9.17) is 13.3 Å². The van der Waals surface area contributed by atoms with Gasteiger partial charge in [-0.3, -0.25) is 0 Å². The van der Waals surface area contributed by atoms with Crippen molar-refractivity contribution in [2.45, 2.75) is 0 Å². The third-order valence-electron chi connectivity index (χ3n) is 11.6. The Labute approximate surface area is 308 Å². The minimum absolute atomic E-state index is 0.00739. The SMILES string of the molecule is c1ccc2c(c1)B1c3ccccc3N(c3c4oc5ccccc5c4cc4c3oc3ccccc34)c3cccc(c31)N2c1cccc2c1oc1ccccc12. The van der Waals surface area contributed by atoms with E-state index in [0.29, 0.717) is 0 Å². The van der Waals surface area contributed by atoms with Crippen LogP contribution in [0.5, 0.6) is 0 Å². The Bertz CT molecular complexity index is 3300. The third kappa shape index (κ3) is 3.55. The van der Waals surface area contributed by atoms with Crippen molar-refractivity contribution in [3.8, 4) is 0 Å². The molecular formula is C48H27BN2O3. The summed E-state index contributed by atoms with van der Waals surface area (Å²) in [6, 6.07) is 58.0. The van der Waals surface area contributed by atoms with E-state index in [-0.39, 0.29) is 6.71 Å². The molecule has 2 aliphatic rings. The van der Waals surface area contributed by atoms with Crippen LogP contribution >= 0.6 is 0 Å². The molecule has 0 N–H and O–H groups in total. The van der Waals surface area contributed by atoms with Gasteiger partial charge in [-0.15, -0.1) is 0 Å². The quantitative estimate of drug-likeness (QED) is 0.169. The minimum Gasteiger partial charge on any atom is -0.454 e. The number of fused-ring (bicyclic) bond motifs is 13. The number of rotatable bonds is 2. The number of para-hydroxylation sites is 6. The van der Waals surface area contributed by atoms with Gasteiger partial charge in [0.05, 0.1) is 5.69 Å². The molecule has 6 heteroatoms. The Balaban J connectivity index is 1.16. The molecule has 0 saturated heterocycles. The van der Waals surface area contributed by atoms with Gasteiger partial charge in [-0.05, 0) is 71.0 Å². The first-order chi connectivity index (χ1) is 26.8. The minimum atomic E-state index is -0.00739. The van der Waals surface area contributed by atoms with Crippen molar-refractivity contribution >= 4 is 123 Å². The van der Waals surface area contributed by atoms with Crippen LogP contribution < -0.4 is 26.2 Å². The molecule has 5 nitrogen and oxygen atoms in total. The molecular weight excluding hydrogens is 663 g/mol. The topological polar surface area (TPSA) is 45.9 Å². The second kappa shape index (κ2) is 10.2. The molecule has 11 aromatic rings. The van der Waals surface area contributed by atoms with E-state index in [1.54, 1.807) is 0 Å². The number of furan rings is 3. The van der Waals surface area contributed by atoms with E-state index in [1.807, 2.05) is 18.2 Å². The average molecular weight is 691 g/mol. The molecule has 3 aromatic heterocycles. The monoisotopic (exact) mass is 690 g/mol. The van der Waals surface area contributed by atoms with Crippen molar-refractivity contribution in [1.82, 2.24) is 0 Å². The van der Waals surface area contributed by atoms with Gasteiger partial charge in [-0.2, -0.15) is 0 Å². The van der Waals surface area contributed by atoms with Gasteiger partial charge >= 0.3 is 0 Å². The maximum Gasteiger partial charge on any atom is 0.252 e. The van der Waals surface area contributed by atoms with Crippen LogP contribution in [0.1, 0.15) is 0 Å². The average Bonchev–Trinajstić information content (AvgIpc) is 3.92. The fraction of sp³-hybridized carbons (Fsp3) is 0. The molecule has 13 rings (SSSR count). The third-order valence-corrected chi connectivity index (χ3v) is 11.6. The molecule has 0 aliphatic carbocycles. The van der Waals surface area contributed by atoms with E-state index >= 15 is 0 Å². The summed E-state index contributed by atoms with van der Waals surface area (Å²) < 4.78 is 20.4. The van der Waals surface area contributed by atoms with Crippen LogP contribution in [0.3, 0.4) is 0 Å². The highest BCUT2D eigenvalue weighted by Crippen LogP contribution is 2.51. The van der Waals surface area contributed by atoms with Crippen molar-refractivity contribution in [2.75, 3.05) is 9.80 Å². The van der Waals surface area contributed by atoms with Gasteiger partial charge in [-0.1, -0.05) is 109 Å². The number of nitrogens with zero attached hydrogens (tertiary/aromatic N) is 2. The standard InChI is InChI=1S/C48H27BN2O3/c1-8-24-41-28(13-1)31-16-11-23-40(46(31)52-41)50-36-19-6-4-17-34(36)49-35-18-5-7-20-37(35)51(39-22-12-21-38(50)44(39)49)45-47-32(29-14-2-9-25-42(29)53-47)27-33-30-15-3-10-26-43(30)54-48(33)45/h1-27H. The van der Waals surface area contributed by atoms with E-state index in [1.165, 1.54) is 16.4 Å². The number of hydrogen-bond acceptors (Lipinski definition) is 5. The van der Waals surface area contributed by atoms with E-state index in [0.717, 1.165) is 99.9 Å². The Hall–Kier alpha value is -7.18. The smallest absolute Gasteiger partial charge is 0.252 e. The van der Waals surface area contributed by atoms with Gasteiger partial charge in [0.2, 0.25) is 0 Å². The molecule has 0 saturated carbocycles. The van der Waals surface area contributed by atoms with Crippen molar-refractivity contribution in [1.29, 1.82) is 0 Å². The summed E-state index contributed by atoms with van der Waals surface area (Å²) in [5.74, 6) is 0. The van der Waals surface area contributed by atoms with E-state index < -0.39 is 0 Å². The van der Waals surface area contributed by atoms with Crippen molar-refractivity contribution in [2.24, 2.45) is 0 Å². The molecule has 0 amide bonds. The fourth-order valence-corrected chi connectivity index (χ4v) is 9.46. The first-order valence-corrected chi connectivity index (χ1v) is 18.4. The summed E-state index contributed by atoms with van der Waals surface area (Å²) in [5.41, 5.74) is 15.1. The van der Waals surface area contributed by atoms with Gasteiger partial charge in [0, 0.05) is 55.1 Å². The predicted octanol–water partition coefficient (Wildman–Crippen LogP) is 11.5. The molecule has 5 heterocycles. The van der Waals surface area contributed by atoms with Gasteiger partial charge < -0.3 is 23.1 Å². The lowest BCUT2D eigenvalue weighted by Gasteiger charge is -2.43. The summed E-state index contributed by atoms with van der Waals surface area (Å²) in [4.78, 5) is 4.80. The summed E-state index contributed by atoms with van der Waals surface area (Å²) in [6.45, 7) is -0.00739. The first-order valence-electron chi connectivity index (χ1n) is 18.4. The second-order valence-electron chi connectivity index (χ2n) is 14.4. The molecule has 0 atom stereocenters. The Kier molecular flexibility index (Phi) is 5.39. The van der Waals surface area contributed by atoms with Crippen LogP contribution in [-0.2, 0) is 0 Å². The van der Waals surface area contributed by atoms with Gasteiger partial charge in [0.25, 0.3) is 6.71 Å². The second-order valence-corrected chi connectivity index (χ2v) is 14.4. The molecule has 0 bridgehead atoms. The Morgan fingerprint density at radius 3 is 1.39 bits per heavy atom. The molecule has 0 radical (unpaired) electrons. The van der Waals surface area contributed by atoms with E-state index in [9.17, 15) is 0 Å². The molecule has 8 aromatic carbocycles. The lowest BCUT2D eigenvalue weighted by molar-refractivity contribution is 0.656. The maximum atomic E-state index is 6.87. The lowest BCUT2D eigenvalue weighted by atomic mass is 9.33. The first kappa shape index (κ1) is 28.4. The summed E-state index contributed by atoms with van der Waals surface area (Å²) in [6.07, 6.45) is 0. The van der Waals surface area contributed by atoms with Gasteiger partial charge in [0.1, 0.15) is 22.4 Å². The molecule has 2 aliphatic heterocycles. The normalized spacial score (nSPS) is 13.4. The van der Waals surface area contributed by atoms with Crippen LogP contribution in [0, 0.1) is 0 Å². The van der Waals surface area contributed by atoms with Crippen molar-refractivity contribution < 1.29 is 13.3 Å². The van der Waals surface area contributed by atoms with Crippen LogP contribution in [-0.4, -0.2) is 6.71 Å². The lowest BCUT2D eigenvalue weighted by Crippen LogP contribution is -2.61. The molecule has 250 valence electrons. The summed E-state index contributed by atoms with van der Waals surface area (Å²) in [7, 11) is 0. The highest BCUT2D eigenvalue weighted by molar-refractivity contribution is 7.00. The maximum absolute atomic E-state index is 6.87. The number of anilines is 6. The zero-order chi connectivity index (χ0) is 35.1. The highest BCUT2D eigenvalue weighted by Gasteiger charge is 2.44. The van der Waals surface area contributed by atoms with Crippen LogP contribution in [0.2, 0.25) is 0 Å². The summed E-state index contributed by atoms with van der Waals surface area (Å²) >= 11 is 0. The number of hydrogen-bond donors (Lipinski definition) is 0. The van der Waals surface area contributed by atoms with Crippen LogP contribution in [0.15, 0.2) is 177 Å².